The van der Waals surface area contributed by atoms with E-state index in [1.54, 1.807) is 25.1 Å². The summed E-state index contributed by atoms with van der Waals surface area (Å²) in [5, 5.41) is 2.81. The zero-order valence-electron chi connectivity index (χ0n) is 10.3. The molecule has 1 aromatic carbocycles. The first-order chi connectivity index (χ1) is 8.58. The number of benzene rings is 1. The lowest BCUT2D eigenvalue weighted by Crippen LogP contribution is -2.33. The molecule has 0 bridgehead atoms. The Kier molecular flexibility index (Phi) is 3.77. The minimum atomic E-state index is -0.344. The second-order valence-electron chi connectivity index (χ2n) is 4.64. The van der Waals surface area contributed by atoms with E-state index in [4.69, 9.17) is 5.73 Å². The summed E-state index contributed by atoms with van der Waals surface area (Å²) in [6, 6.07) is 6.06. The van der Waals surface area contributed by atoms with Crippen molar-refractivity contribution in [2.24, 2.45) is 11.7 Å². The number of amides is 1. The van der Waals surface area contributed by atoms with Gasteiger partial charge in [-0.2, -0.15) is 0 Å². The van der Waals surface area contributed by atoms with Gasteiger partial charge in [-0.15, -0.1) is 0 Å². The number of nitrogens with two attached hydrogens (primary N) is 1. The van der Waals surface area contributed by atoms with Crippen LogP contribution < -0.4 is 11.1 Å². The lowest BCUT2D eigenvalue weighted by Gasteiger charge is -2.17. The maximum atomic E-state index is 13.5. The molecule has 0 radical (unpaired) electrons. The predicted octanol–water partition coefficient (Wildman–Crippen LogP) is 1.91. The first-order valence-electron chi connectivity index (χ1n) is 6.06. The third-order valence-corrected chi connectivity index (χ3v) is 3.18. The van der Waals surface area contributed by atoms with Gasteiger partial charge in [0.25, 0.3) is 0 Å². The molecule has 1 aliphatic rings. The van der Waals surface area contributed by atoms with Crippen LogP contribution in [0.4, 0.5) is 4.39 Å². The molecule has 1 aliphatic carbocycles. The van der Waals surface area contributed by atoms with Crippen LogP contribution in [0.3, 0.4) is 0 Å². The van der Waals surface area contributed by atoms with Crippen LogP contribution in [0.25, 0.3) is 0 Å². The van der Waals surface area contributed by atoms with Crippen LogP contribution in [-0.2, 0) is 4.79 Å². The molecule has 0 aromatic heterocycles. The molecule has 0 aliphatic heterocycles. The van der Waals surface area contributed by atoms with Gasteiger partial charge in [0.05, 0.1) is 12.0 Å². The van der Waals surface area contributed by atoms with Crippen molar-refractivity contribution < 1.29 is 9.18 Å². The SMILES string of the molecule is C[C@@H](NC(=O)C1C=CC(N)C1)c1ccccc1F. The zero-order valence-corrected chi connectivity index (χ0v) is 10.3. The Morgan fingerprint density at radius 1 is 1.44 bits per heavy atom. The molecule has 3 atom stereocenters. The summed E-state index contributed by atoms with van der Waals surface area (Å²) in [4.78, 5) is 11.9. The van der Waals surface area contributed by atoms with E-state index < -0.39 is 0 Å². The van der Waals surface area contributed by atoms with Crippen molar-refractivity contribution in [3.63, 3.8) is 0 Å². The van der Waals surface area contributed by atoms with Crippen molar-refractivity contribution in [2.45, 2.75) is 25.4 Å². The molecule has 3 N–H and O–H groups in total. The van der Waals surface area contributed by atoms with Gasteiger partial charge in [-0.3, -0.25) is 4.79 Å². The van der Waals surface area contributed by atoms with E-state index in [-0.39, 0.29) is 29.7 Å². The van der Waals surface area contributed by atoms with E-state index in [2.05, 4.69) is 5.32 Å². The van der Waals surface area contributed by atoms with Gasteiger partial charge >= 0.3 is 0 Å². The van der Waals surface area contributed by atoms with E-state index in [9.17, 15) is 9.18 Å². The fourth-order valence-electron chi connectivity index (χ4n) is 2.15. The molecule has 96 valence electrons. The van der Waals surface area contributed by atoms with E-state index in [0.29, 0.717) is 12.0 Å². The molecule has 0 heterocycles. The number of carbonyl (C=O) groups excluding carboxylic acids is 1. The fraction of sp³-hybridized carbons (Fsp3) is 0.357. The molecule has 0 saturated carbocycles. The second-order valence-corrected chi connectivity index (χ2v) is 4.64. The summed E-state index contributed by atoms with van der Waals surface area (Å²) in [5.41, 5.74) is 6.20. The third-order valence-electron chi connectivity index (χ3n) is 3.18. The molecule has 18 heavy (non-hydrogen) atoms. The second kappa shape index (κ2) is 5.31. The summed E-state index contributed by atoms with van der Waals surface area (Å²) >= 11 is 0. The molecule has 2 rings (SSSR count). The average Bonchev–Trinajstić information content (AvgIpc) is 2.76. The average molecular weight is 248 g/mol. The summed E-state index contributed by atoms with van der Waals surface area (Å²) in [6.07, 6.45) is 4.27. The Hall–Kier alpha value is -1.68. The zero-order chi connectivity index (χ0) is 13.1. The highest BCUT2D eigenvalue weighted by molar-refractivity contribution is 5.81. The maximum Gasteiger partial charge on any atom is 0.227 e. The highest BCUT2D eigenvalue weighted by Crippen LogP contribution is 2.20. The van der Waals surface area contributed by atoms with Crippen LogP contribution in [0, 0.1) is 11.7 Å². The smallest absolute Gasteiger partial charge is 0.227 e. The van der Waals surface area contributed by atoms with Gasteiger partial charge in [0.2, 0.25) is 5.91 Å². The minimum absolute atomic E-state index is 0.0514. The Balaban J connectivity index is 2.00. The number of rotatable bonds is 3. The lowest BCUT2D eigenvalue weighted by atomic mass is 10.0. The Labute approximate surface area is 106 Å². The van der Waals surface area contributed by atoms with Crippen LogP contribution in [0.1, 0.15) is 24.9 Å². The topological polar surface area (TPSA) is 55.1 Å². The summed E-state index contributed by atoms with van der Waals surface area (Å²) in [6.45, 7) is 1.77. The van der Waals surface area contributed by atoms with Gasteiger partial charge in [-0.05, 0) is 19.4 Å². The quantitative estimate of drug-likeness (QED) is 0.803. The molecule has 1 aromatic rings. The summed E-state index contributed by atoms with van der Waals surface area (Å²) in [7, 11) is 0. The van der Waals surface area contributed by atoms with Crippen molar-refractivity contribution in [3.05, 3.63) is 47.8 Å². The molecular weight excluding hydrogens is 231 g/mol. The van der Waals surface area contributed by atoms with E-state index in [1.807, 2.05) is 12.2 Å². The standard InChI is InChI=1S/C14H17FN2O/c1-9(12-4-2-3-5-13(12)15)17-14(18)10-6-7-11(16)8-10/h2-7,9-11H,8,16H2,1H3,(H,17,18)/t9-,10?,11?/m1/s1. The number of halogens is 1. The van der Waals surface area contributed by atoms with Crippen LogP contribution in [0.15, 0.2) is 36.4 Å². The Morgan fingerprint density at radius 2 is 2.17 bits per heavy atom. The Bertz CT molecular complexity index is 473. The van der Waals surface area contributed by atoms with E-state index >= 15 is 0 Å². The summed E-state index contributed by atoms with van der Waals surface area (Å²) in [5.74, 6) is -0.604. The number of nitrogens with one attached hydrogen (secondary N) is 1. The van der Waals surface area contributed by atoms with E-state index in [1.165, 1.54) is 6.07 Å². The fourth-order valence-corrected chi connectivity index (χ4v) is 2.15. The first-order valence-corrected chi connectivity index (χ1v) is 6.06. The van der Waals surface area contributed by atoms with Crippen molar-refractivity contribution in [3.8, 4) is 0 Å². The van der Waals surface area contributed by atoms with Gasteiger partial charge < -0.3 is 11.1 Å². The molecule has 1 amide bonds. The minimum Gasteiger partial charge on any atom is -0.349 e. The van der Waals surface area contributed by atoms with Crippen LogP contribution >= 0.6 is 0 Å². The largest absolute Gasteiger partial charge is 0.349 e. The highest BCUT2D eigenvalue weighted by Gasteiger charge is 2.24. The van der Waals surface area contributed by atoms with Crippen LogP contribution in [-0.4, -0.2) is 11.9 Å². The normalized spacial score (nSPS) is 23.9. The van der Waals surface area contributed by atoms with Gasteiger partial charge in [0.15, 0.2) is 0 Å². The molecular formula is C14H17FN2O. The Morgan fingerprint density at radius 3 is 2.78 bits per heavy atom. The van der Waals surface area contributed by atoms with Gasteiger partial charge in [0.1, 0.15) is 5.82 Å². The first kappa shape index (κ1) is 12.8. The molecule has 3 nitrogen and oxygen atoms in total. The number of hydrogen-bond donors (Lipinski definition) is 2. The molecule has 4 heteroatoms. The van der Waals surface area contributed by atoms with Crippen LogP contribution in [0.5, 0.6) is 0 Å². The number of hydrogen-bond acceptors (Lipinski definition) is 2. The predicted molar refractivity (Wildman–Crippen MR) is 68.2 cm³/mol. The molecule has 0 saturated heterocycles. The maximum absolute atomic E-state index is 13.5. The molecule has 0 fully saturated rings. The van der Waals surface area contributed by atoms with Crippen LogP contribution in [0.2, 0.25) is 0 Å². The monoisotopic (exact) mass is 248 g/mol. The van der Waals surface area contributed by atoms with Gasteiger partial charge in [0, 0.05) is 11.6 Å². The van der Waals surface area contributed by atoms with Gasteiger partial charge in [-0.1, -0.05) is 30.4 Å². The van der Waals surface area contributed by atoms with Crippen molar-refractivity contribution in [1.29, 1.82) is 0 Å². The molecule has 0 spiro atoms. The van der Waals surface area contributed by atoms with E-state index in [0.717, 1.165) is 0 Å². The lowest BCUT2D eigenvalue weighted by molar-refractivity contribution is -0.124. The highest BCUT2D eigenvalue weighted by atomic mass is 19.1. The summed E-state index contributed by atoms with van der Waals surface area (Å²) < 4.78 is 13.5. The van der Waals surface area contributed by atoms with Crippen molar-refractivity contribution in [1.82, 2.24) is 5.32 Å². The van der Waals surface area contributed by atoms with Crippen molar-refractivity contribution in [2.75, 3.05) is 0 Å². The number of carbonyl (C=O) groups is 1. The van der Waals surface area contributed by atoms with Gasteiger partial charge in [-0.25, -0.2) is 4.39 Å². The van der Waals surface area contributed by atoms with Crippen molar-refractivity contribution >= 4 is 5.91 Å². The molecule has 2 unspecified atom stereocenters. The third kappa shape index (κ3) is 2.76.